The summed E-state index contributed by atoms with van der Waals surface area (Å²) in [6.07, 6.45) is 8.96. The van der Waals surface area contributed by atoms with E-state index in [4.69, 9.17) is 0 Å². The third kappa shape index (κ3) is 3.34. The van der Waals surface area contributed by atoms with Gasteiger partial charge in [-0.1, -0.05) is 13.0 Å². The van der Waals surface area contributed by atoms with Crippen LogP contribution in [0, 0.1) is 0 Å². The number of allylic oxidation sites excluding steroid dienone is 1. The van der Waals surface area contributed by atoms with Gasteiger partial charge in [-0.2, -0.15) is 0 Å². The molecular formula is C11H19N3. The number of imidazole rings is 1. The first kappa shape index (κ1) is 11.0. The van der Waals surface area contributed by atoms with E-state index in [0.29, 0.717) is 6.04 Å². The van der Waals surface area contributed by atoms with Crippen molar-refractivity contribution in [3.63, 3.8) is 0 Å². The van der Waals surface area contributed by atoms with Crippen LogP contribution in [0.5, 0.6) is 0 Å². The summed E-state index contributed by atoms with van der Waals surface area (Å²) in [7, 11) is 0. The van der Waals surface area contributed by atoms with Gasteiger partial charge in [0.2, 0.25) is 0 Å². The summed E-state index contributed by atoms with van der Waals surface area (Å²) < 4.78 is 0. The van der Waals surface area contributed by atoms with Crippen LogP contribution >= 0.6 is 0 Å². The molecular weight excluding hydrogens is 174 g/mol. The van der Waals surface area contributed by atoms with E-state index >= 15 is 0 Å². The number of aromatic amines is 1. The van der Waals surface area contributed by atoms with Gasteiger partial charge in [0.05, 0.1) is 6.04 Å². The molecule has 0 aromatic carbocycles. The van der Waals surface area contributed by atoms with Crippen LogP contribution in [0.1, 0.15) is 38.1 Å². The van der Waals surface area contributed by atoms with Crippen molar-refractivity contribution >= 4 is 0 Å². The van der Waals surface area contributed by atoms with Crippen molar-refractivity contribution < 1.29 is 0 Å². The van der Waals surface area contributed by atoms with Crippen molar-refractivity contribution in [3.8, 4) is 0 Å². The Hall–Kier alpha value is -1.09. The summed E-state index contributed by atoms with van der Waals surface area (Å²) in [5.74, 6) is 1.04. The summed E-state index contributed by atoms with van der Waals surface area (Å²) in [5.41, 5.74) is 0. The van der Waals surface area contributed by atoms with Crippen LogP contribution in [-0.2, 0) is 0 Å². The second-order valence-electron chi connectivity index (χ2n) is 3.30. The van der Waals surface area contributed by atoms with Gasteiger partial charge in [0.1, 0.15) is 5.82 Å². The van der Waals surface area contributed by atoms with Gasteiger partial charge in [0, 0.05) is 12.4 Å². The van der Waals surface area contributed by atoms with Crippen LogP contribution in [0.2, 0.25) is 0 Å². The van der Waals surface area contributed by atoms with Crippen molar-refractivity contribution in [2.24, 2.45) is 0 Å². The predicted octanol–water partition coefficient (Wildman–Crippen LogP) is 2.42. The molecule has 0 aliphatic rings. The zero-order valence-corrected chi connectivity index (χ0v) is 8.79. The summed E-state index contributed by atoms with van der Waals surface area (Å²) >= 11 is 0. The number of hydrogen-bond donors (Lipinski definition) is 2. The minimum atomic E-state index is 0.356. The first-order valence-electron chi connectivity index (χ1n) is 5.22. The van der Waals surface area contributed by atoms with Gasteiger partial charge in [-0.15, -0.1) is 6.58 Å². The number of aromatic nitrogens is 2. The quantitative estimate of drug-likeness (QED) is 0.515. The fraction of sp³-hybridized carbons (Fsp3) is 0.545. The Morgan fingerprint density at radius 3 is 3.14 bits per heavy atom. The standard InChI is InChI=1S/C11H19N3/c1-3-5-6-7-10(12-4-2)11-13-8-9-14-11/h3,8-10,12H,1,4-7H2,2H3,(H,13,14). The molecule has 1 aromatic heterocycles. The maximum absolute atomic E-state index is 4.27. The van der Waals surface area contributed by atoms with Crippen LogP contribution in [0.15, 0.2) is 25.0 Å². The van der Waals surface area contributed by atoms with Gasteiger partial charge in [0.25, 0.3) is 0 Å². The fourth-order valence-electron chi connectivity index (χ4n) is 1.52. The number of hydrogen-bond acceptors (Lipinski definition) is 2. The monoisotopic (exact) mass is 193 g/mol. The highest BCUT2D eigenvalue weighted by molar-refractivity contribution is 4.95. The van der Waals surface area contributed by atoms with E-state index < -0.39 is 0 Å². The first-order chi connectivity index (χ1) is 6.88. The Balaban J connectivity index is 2.43. The van der Waals surface area contributed by atoms with Crippen LogP contribution in [0.4, 0.5) is 0 Å². The van der Waals surface area contributed by atoms with Crippen LogP contribution < -0.4 is 5.32 Å². The largest absolute Gasteiger partial charge is 0.347 e. The second-order valence-corrected chi connectivity index (χ2v) is 3.30. The summed E-state index contributed by atoms with van der Waals surface area (Å²) in [4.78, 5) is 7.42. The molecule has 3 nitrogen and oxygen atoms in total. The molecule has 1 rings (SSSR count). The molecule has 1 heterocycles. The van der Waals surface area contributed by atoms with Crippen molar-refractivity contribution in [2.75, 3.05) is 6.54 Å². The maximum atomic E-state index is 4.27. The molecule has 0 bridgehead atoms. The Morgan fingerprint density at radius 2 is 2.57 bits per heavy atom. The van der Waals surface area contributed by atoms with Gasteiger partial charge in [-0.3, -0.25) is 0 Å². The van der Waals surface area contributed by atoms with Crippen LogP contribution in [0.25, 0.3) is 0 Å². The van der Waals surface area contributed by atoms with Gasteiger partial charge < -0.3 is 10.3 Å². The highest BCUT2D eigenvalue weighted by atomic mass is 15.0. The summed E-state index contributed by atoms with van der Waals surface area (Å²) in [6.45, 7) is 6.81. The molecule has 0 spiro atoms. The lowest BCUT2D eigenvalue weighted by molar-refractivity contribution is 0.481. The van der Waals surface area contributed by atoms with Gasteiger partial charge in [-0.25, -0.2) is 4.98 Å². The number of H-pyrrole nitrogens is 1. The maximum Gasteiger partial charge on any atom is 0.123 e. The van der Waals surface area contributed by atoms with Gasteiger partial charge in [0.15, 0.2) is 0 Å². The molecule has 0 fully saturated rings. The topological polar surface area (TPSA) is 40.7 Å². The second kappa shape index (κ2) is 6.38. The van der Waals surface area contributed by atoms with Crippen molar-refractivity contribution in [1.82, 2.24) is 15.3 Å². The van der Waals surface area contributed by atoms with E-state index in [1.165, 1.54) is 0 Å². The Kier molecular flexibility index (Phi) is 5.00. The molecule has 1 atom stereocenters. The van der Waals surface area contributed by atoms with E-state index in [0.717, 1.165) is 31.6 Å². The third-order valence-electron chi connectivity index (χ3n) is 2.20. The average Bonchev–Trinajstić information content (AvgIpc) is 2.70. The minimum Gasteiger partial charge on any atom is -0.347 e. The van der Waals surface area contributed by atoms with E-state index in [9.17, 15) is 0 Å². The van der Waals surface area contributed by atoms with E-state index in [1.807, 2.05) is 12.3 Å². The van der Waals surface area contributed by atoms with Gasteiger partial charge >= 0.3 is 0 Å². The molecule has 0 aliphatic carbocycles. The third-order valence-corrected chi connectivity index (χ3v) is 2.20. The van der Waals surface area contributed by atoms with Crippen molar-refractivity contribution in [2.45, 2.75) is 32.2 Å². The Morgan fingerprint density at radius 1 is 1.71 bits per heavy atom. The Bertz CT molecular complexity index is 241. The van der Waals surface area contributed by atoms with Crippen LogP contribution in [-0.4, -0.2) is 16.5 Å². The number of rotatable bonds is 7. The number of unbranched alkanes of at least 4 members (excludes halogenated alkanes) is 1. The minimum absolute atomic E-state index is 0.356. The van der Waals surface area contributed by atoms with E-state index in [1.54, 1.807) is 6.20 Å². The Labute approximate surface area is 85.6 Å². The first-order valence-corrected chi connectivity index (χ1v) is 5.22. The lowest BCUT2D eigenvalue weighted by atomic mass is 10.1. The molecule has 0 saturated carbocycles. The predicted molar refractivity (Wildman–Crippen MR) is 59.1 cm³/mol. The highest BCUT2D eigenvalue weighted by Crippen LogP contribution is 2.15. The molecule has 3 heteroatoms. The summed E-state index contributed by atoms with van der Waals surface area (Å²) in [6, 6.07) is 0.356. The van der Waals surface area contributed by atoms with Gasteiger partial charge in [-0.05, 0) is 25.8 Å². The van der Waals surface area contributed by atoms with Crippen LogP contribution in [0.3, 0.4) is 0 Å². The lowest BCUT2D eigenvalue weighted by Crippen LogP contribution is -2.21. The zero-order chi connectivity index (χ0) is 10.2. The number of nitrogens with one attached hydrogen (secondary N) is 2. The molecule has 0 amide bonds. The van der Waals surface area contributed by atoms with E-state index in [2.05, 4.69) is 28.8 Å². The molecule has 78 valence electrons. The molecule has 1 aromatic rings. The lowest BCUT2D eigenvalue weighted by Gasteiger charge is -2.14. The molecule has 0 saturated heterocycles. The normalized spacial score (nSPS) is 12.6. The smallest absolute Gasteiger partial charge is 0.123 e. The average molecular weight is 193 g/mol. The molecule has 1 unspecified atom stereocenters. The SMILES string of the molecule is C=CCCCC(NCC)c1ncc[nH]1. The van der Waals surface area contributed by atoms with Crippen molar-refractivity contribution in [3.05, 3.63) is 30.9 Å². The number of nitrogens with zero attached hydrogens (tertiary/aromatic N) is 1. The van der Waals surface area contributed by atoms with Crippen molar-refractivity contribution in [1.29, 1.82) is 0 Å². The molecule has 0 radical (unpaired) electrons. The summed E-state index contributed by atoms with van der Waals surface area (Å²) in [5, 5.41) is 3.42. The highest BCUT2D eigenvalue weighted by Gasteiger charge is 2.10. The van der Waals surface area contributed by atoms with E-state index in [-0.39, 0.29) is 0 Å². The molecule has 14 heavy (non-hydrogen) atoms. The molecule has 0 aliphatic heterocycles. The molecule has 2 N–H and O–H groups in total. The zero-order valence-electron chi connectivity index (χ0n) is 8.79. The fourth-order valence-corrected chi connectivity index (χ4v) is 1.52.